The lowest BCUT2D eigenvalue weighted by Crippen LogP contribution is -2.12. The van der Waals surface area contributed by atoms with Gasteiger partial charge in [-0.15, -0.1) is 0 Å². The van der Waals surface area contributed by atoms with Gasteiger partial charge in [0.1, 0.15) is 0 Å². The fraction of sp³-hybridized carbons (Fsp3) is 0.0370. The Morgan fingerprint density at radius 2 is 1.83 bits per heavy atom. The van der Waals surface area contributed by atoms with Crippen LogP contribution in [0.2, 0.25) is 0 Å². The Hall–Kier alpha value is -5.36. The van der Waals surface area contributed by atoms with E-state index in [4.69, 9.17) is 9.68 Å². The Kier molecular flexibility index (Phi) is 6.15. The van der Waals surface area contributed by atoms with Crippen molar-refractivity contribution >= 4 is 23.2 Å². The molecule has 5 rings (SSSR count). The second kappa shape index (κ2) is 9.87. The molecule has 9 nitrogen and oxygen atoms in total. The fourth-order valence-electron chi connectivity index (χ4n) is 3.50. The number of amides is 1. The topological polar surface area (TPSA) is 130 Å². The number of aryl methyl sites for hydroxylation is 1. The molecule has 3 heterocycles. The van der Waals surface area contributed by atoms with E-state index in [-0.39, 0.29) is 11.8 Å². The molecule has 3 aromatic heterocycles. The summed E-state index contributed by atoms with van der Waals surface area (Å²) in [5.41, 5.74) is 5.19. The summed E-state index contributed by atoms with van der Waals surface area (Å²) in [5.74, 6) is 0.624. The zero-order chi connectivity index (χ0) is 24.9. The molecule has 2 N–H and O–H groups in total. The Morgan fingerprint density at radius 3 is 2.58 bits per heavy atom. The summed E-state index contributed by atoms with van der Waals surface area (Å²) in [7, 11) is 0. The molecule has 0 aliphatic carbocycles. The average Bonchev–Trinajstić information content (AvgIpc) is 3.41. The van der Waals surface area contributed by atoms with Crippen molar-refractivity contribution in [2.45, 2.75) is 6.92 Å². The van der Waals surface area contributed by atoms with Crippen molar-refractivity contribution in [2.75, 3.05) is 10.6 Å². The molecule has 1 amide bonds. The van der Waals surface area contributed by atoms with Gasteiger partial charge in [-0.2, -0.15) is 5.26 Å². The van der Waals surface area contributed by atoms with Gasteiger partial charge in [-0.1, -0.05) is 18.2 Å². The van der Waals surface area contributed by atoms with Crippen molar-refractivity contribution in [1.29, 1.82) is 5.26 Å². The first-order chi connectivity index (χ1) is 17.6. The number of anilines is 3. The number of pyridine rings is 1. The average molecular weight is 473 g/mol. The second-order valence-electron chi connectivity index (χ2n) is 7.83. The van der Waals surface area contributed by atoms with Gasteiger partial charge in [0.25, 0.3) is 5.91 Å². The highest BCUT2D eigenvalue weighted by molar-refractivity contribution is 6.04. The van der Waals surface area contributed by atoms with E-state index in [1.165, 1.54) is 6.20 Å². The third-order valence-corrected chi connectivity index (χ3v) is 5.39. The first-order valence-electron chi connectivity index (χ1n) is 11.0. The van der Waals surface area contributed by atoms with Crippen LogP contribution in [0.25, 0.3) is 22.6 Å². The normalized spacial score (nSPS) is 10.4. The van der Waals surface area contributed by atoms with Crippen LogP contribution in [0.15, 0.2) is 89.9 Å². The second-order valence-corrected chi connectivity index (χ2v) is 7.83. The molecule has 0 saturated carbocycles. The first-order valence-corrected chi connectivity index (χ1v) is 11.0. The fourth-order valence-corrected chi connectivity index (χ4v) is 3.50. The molecule has 0 aliphatic heterocycles. The van der Waals surface area contributed by atoms with E-state index in [9.17, 15) is 4.79 Å². The number of hydrogen-bond donors (Lipinski definition) is 2. The molecule has 0 saturated heterocycles. The predicted octanol–water partition coefficient (Wildman–Crippen LogP) is 5.37. The van der Waals surface area contributed by atoms with Gasteiger partial charge in [0.05, 0.1) is 11.9 Å². The van der Waals surface area contributed by atoms with Gasteiger partial charge in [-0.25, -0.2) is 15.0 Å². The SMILES string of the molecule is Cc1ccc(NC(=O)c2ccc(-c3cnc(C#N)o3)cc2)cc1Nc1nccc(-c2cccnc2)n1. The van der Waals surface area contributed by atoms with E-state index in [1.807, 2.05) is 49.4 Å². The lowest BCUT2D eigenvalue weighted by Gasteiger charge is -2.12. The van der Waals surface area contributed by atoms with Crippen LogP contribution in [-0.4, -0.2) is 25.8 Å². The number of nitriles is 1. The van der Waals surface area contributed by atoms with E-state index >= 15 is 0 Å². The molecule has 0 bridgehead atoms. The molecule has 0 atom stereocenters. The molecule has 0 aliphatic rings. The van der Waals surface area contributed by atoms with Crippen molar-refractivity contribution in [2.24, 2.45) is 0 Å². The van der Waals surface area contributed by atoms with Crippen molar-refractivity contribution in [3.63, 3.8) is 0 Å². The zero-order valence-corrected chi connectivity index (χ0v) is 19.1. The Labute approximate surface area is 206 Å². The maximum atomic E-state index is 12.8. The smallest absolute Gasteiger partial charge is 0.301 e. The van der Waals surface area contributed by atoms with Gasteiger partial charge in [0, 0.05) is 46.7 Å². The third kappa shape index (κ3) is 4.93. The van der Waals surface area contributed by atoms with Gasteiger partial charge >= 0.3 is 5.89 Å². The Morgan fingerprint density at radius 1 is 0.972 bits per heavy atom. The van der Waals surface area contributed by atoms with E-state index in [1.54, 1.807) is 42.9 Å². The lowest BCUT2D eigenvalue weighted by molar-refractivity contribution is 0.102. The van der Waals surface area contributed by atoms with Crippen LogP contribution >= 0.6 is 0 Å². The summed E-state index contributed by atoms with van der Waals surface area (Å²) in [6, 6.07) is 19.9. The van der Waals surface area contributed by atoms with Crippen LogP contribution in [-0.2, 0) is 0 Å². The maximum absolute atomic E-state index is 12.8. The number of rotatable bonds is 6. The number of nitrogens with one attached hydrogen (secondary N) is 2. The van der Waals surface area contributed by atoms with Gasteiger partial charge in [0.15, 0.2) is 11.8 Å². The Bertz CT molecular complexity index is 1570. The summed E-state index contributed by atoms with van der Waals surface area (Å²) in [6.45, 7) is 1.96. The molecule has 36 heavy (non-hydrogen) atoms. The summed E-state index contributed by atoms with van der Waals surface area (Å²) >= 11 is 0. The number of nitrogens with zero attached hydrogens (tertiary/aromatic N) is 5. The molecule has 0 spiro atoms. The van der Waals surface area contributed by atoms with E-state index in [0.29, 0.717) is 23.0 Å². The summed E-state index contributed by atoms with van der Waals surface area (Å²) in [6.07, 6.45) is 6.62. The number of aromatic nitrogens is 4. The van der Waals surface area contributed by atoms with E-state index in [2.05, 4.69) is 30.6 Å². The standard InChI is InChI=1S/C27H19N7O2/c1-17-4-9-21(13-23(17)34-27-30-12-10-22(33-27)20-3-2-11-29-15-20)32-26(35)19-7-5-18(6-8-19)24-16-31-25(14-28)36-24/h2-13,15-16H,1H3,(H,32,35)(H,30,33,34). The Balaban J connectivity index is 1.30. The molecule has 0 unspecified atom stereocenters. The third-order valence-electron chi connectivity index (χ3n) is 5.39. The summed E-state index contributed by atoms with van der Waals surface area (Å²) in [4.78, 5) is 29.7. The molecular weight excluding hydrogens is 454 g/mol. The first kappa shape index (κ1) is 22.4. The predicted molar refractivity (Wildman–Crippen MR) is 134 cm³/mol. The van der Waals surface area contributed by atoms with Crippen LogP contribution in [0.5, 0.6) is 0 Å². The van der Waals surface area contributed by atoms with Gasteiger partial charge in [-0.3, -0.25) is 9.78 Å². The summed E-state index contributed by atoms with van der Waals surface area (Å²) in [5, 5.41) is 15.0. The minimum absolute atomic E-state index is 0.00944. The largest absolute Gasteiger partial charge is 0.428 e. The highest BCUT2D eigenvalue weighted by Gasteiger charge is 2.11. The molecule has 0 fully saturated rings. The number of oxazole rings is 1. The van der Waals surface area contributed by atoms with Gasteiger partial charge in [0.2, 0.25) is 5.95 Å². The van der Waals surface area contributed by atoms with Crippen LogP contribution < -0.4 is 10.6 Å². The molecule has 174 valence electrons. The van der Waals surface area contributed by atoms with Crippen LogP contribution in [0.4, 0.5) is 17.3 Å². The van der Waals surface area contributed by atoms with E-state index in [0.717, 1.165) is 28.1 Å². The lowest BCUT2D eigenvalue weighted by atomic mass is 10.1. The van der Waals surface area contributed by atoms with E-state index < -0.39 is 0 Å². The van der Waals surface area contributed by atoms with Crippen LogP contribution in [0.3, 0.4) is 0 Å². The molecule has 0 radical (unpaired) electrons. The zero-order valence-electron chi connectivity index (χ0n) is 19.1. The minimum atomic E-state index is -0.263. The highest BCUT2D eigenvalue weighted by atomic mass is 16.4. The molecule has 2 aromatic carbocycles. The molecule has 5 aromatic rings. The van der Waals surface area contributed by atoms with Gasteiger partial charge in [-0.05, 0) is 55.0 Å². The summed E-state index contributed by atoms with van der Waals surface area (Å²) < 4.78 is 5.33. The van der Waals surface area contributed by atoms with Crippen molar-refractivity contribution < 1.29 is 9.21 Å². The van der Waals surface area contributed by atoms with Crippen LogP contribution in [0.1, 0.15) is 21.8 Å². The number of carbonyl (C=O) groups is 1. The minimum Gasteiger partial charge on any atom is -0.428 e. The quantitative estimate of drug-likeness (QED) is 0.337. The number of carbonyl (C=O) groups excluding carboxylic acids is 1. The van der Waals surface area contributed by atoms with Crippen molar-refractivity contribution in [1.82, 2.24) is 19.9 Å². The number of benzene rings is 2. The van der Waals surface area contributed by atoms with Crippen molar-refractivity contribution in [3.8, 4) is 28.7 Å². The molecule has 9 heteroatoms. The van der Waals surface area contributed by atoms with Crippen molar-refractivity contribution in [3.05, 3.63) is 102 Å². The number of hydrogen-bond acceptors (Lipinski definition) is 8. The maximum Gasteiger partial charge on any atom is 0.301 e. The van der Waals surface area contributed by atoms with Gasteiger partial charge < -0.3 is 15.1 Å². The molecular formula is C27H19N7O2. The monoisotopic (exact) mass is 473 g/mol. The van der Waals surface area contributed by atoms with Crippen LogP contribution in [0, 0.1) is 18.3 Å². The highest BCUT2D eigenvalue weighted by Crippen LogP contribution is 2.25.